The molecular weight excluding hydrogens is 258 g/mol. The minimum absolute atomic E-state index is 0.0566. The molecule has 3 rings (SSSR count). The molecule has 1 aliphatic carbocycles. The molecule has 1 saturated carbocycles. The number of hydrogen-bond acceptors (Lipinski definition) is 4. The zero-order valence-corrected chi connectivity index (χ0v) is 12.5. The fourth-order valence-corrected chi connectivity index (χ4v) is 3.15. The van der Waals surface area contributed by atoms with Gasteiger partial charge >= 0.3 is 0 Å². The first-order valence-electron chi connectivity index (χ1n) is 6.69. The summed E-state index contributed by atoms with van der Waals surface area (Å²) in [6.07, 6.45) is 2.33. The molecule has 0 N–H and O–H groups in total. The molecule has 1 aromatic rings. The first kappa shape index (κ1) is 13.0. The van der Waals surface area contributed by atoms with E-state index in [0.717, 1.165) is 13.2 Å². The van der Waals surface area contributed by atoms with Crippen LogP contribution >= 0.6 is 12.2 Å². The number of isothiocyanates is 1. The number of aliphatic imine (C=N–C) groups is 1. The van der Waals surface area contributed by atoms with Gasteiger partial charge in [-0.3, -0.25) is 4.68 Å². The van der Waals surface area contributed by atoms with Gasteiger partial charge in [-0.05, 0) is 25.1 Å². The third-order valence-corrected chi connectivity index (χ3v) is 4.24. The highest BCUT2D eigenvalue weighted by molar-refractivity contribution is 7.78. The number of thiocarbonyl (C=S) groups is 1. The molecule has 2 fully saturated rings. The number of aromatic nitrogens is 2. The molecule has 19 heavy (non-hydrogen) atoms. The summed E-state index contributed by atoms with van der Waals surface area (Å²) >= 11 is 4.67. The molecule has 4 nitrogen and oxygen atoms in total. The van der Waals surface area contributed by atoms with Crippen LogP contribution in [0.25, 0.3) is 0 Å². The van der Waals surface area contributed by atoms with Crippen molar-refractivity contribution in [2.45, 2.75) is 45.1 Å². The lowest BCUT2D eigenvalue weighted by Gasteiger charge is -2.53. The summed E-state index contributed by atoms with van der Waals surface area (Å²) in [4.78, 5) is 4.02. The molecule has 1 saturated heterocycles. The maximum Gasteiger partial charge on any atom is 0.184 e. The highest BCUT2D eigenvalue weighted by Crippen LogP contribution is 2.53. The summed E-state index contributed by atoms with van der Waals surface area (Å²) in [7, 11) is 0. The molecule has 1 spiro atoms. The van der Waals surface area contributed by atoms with Crippen LogP contribution in [0.15, 0.2) is 11.1 Å². The number of ether oxygens (including phenoxy) is 1. The molecule has 0 atom stereocenters. The summed E-state index contributed by atoms with van der Waals surface area (Å²) in [6.45, 7) is 8.44. The van der Waals surface area contributed by atoms with Crippen LogP contribution in [0.3, 0.4) is 0 Å². The topological polar surface area (TPSA) is 39.4 Å². The maximum absolute atomic E-state index is 5.33. The second-order valence-electron chi connectivity index (χ2n) is 6.84. The first-order valence-corrected chi connectivity index (χ1v) is 7.10. The lowest BCUT2D eigenvalue weighted by molar-refractivity contribution is -0.176. The lowest BCUT2D eigenvalue weighted by atomic mass is 9.64. The largest absolute Gasteiger partial charge is 0.380 e. The highest BCUT2D eigenvalue weighted by atomic mass is 32.1. The zero-order valence-electron chi connectivity index (χ0n) is 11.6. The molecule has 0 unspecified atom stereocenters. The number of nitrogens with zero attached hydrogens (tertiary/aromatic N) is 3. The summed E-state index contributed by atoms with van der Waals surface area (Å²) in [5.41, 5.74) is 1.72. The van der Waals surface area contributed by atoms with Gasteiger partial charge in [-0.1, -0.05) is 20.8 Å². The van der Waals surface area contributed by atoms with E-state index in [9.17, 15) is 0 Å². The Kier molecular flexibility index (Phi) is 2.89. The van der Waals surface area contributed by atoms with Gasteiger partial charge in [0, 0.05) is 22.6 Å². The molecule has 0 bridgehead atoms. The molecule has 0 radical (unpaired) electrons. The van der Waals surface area contributed by atoms with Crippen LogP contribution in [-0.4, -0.2) is 28.2 Å². The van der Waals surface area contributed by atoms with Crippen LogP contribution < -0.4 is 0 Å². The van der Waals surface area contributed by atoms with E-state index in [1.165, 1.54) is 18.5 Å². The number of rotatable bonds is 2. The van der Waals surface area contributed by atoms with Gasteiger partial charge in [-0.2, -0.15) is 10.1 Å². The average molecular weight is 277 g/mol. The van der Waals surface area contributed by atoms with E-state index in [2.05, 4.69) is 52.9 Å². The second kappa shape index (κ2) is 4.23. The normalized spacial score (nSPS) is 21.6. The van der Waals surface area contributed by atoms with Gasteiger partial charge in [0.15, 0.2) is 5.82 Å². The van der Waals surface area contributed by atoms with Crippen molar-refractivity contribution in [2.75, 3.05) is 13.2 Å². The number of hydrogen-bond donors (Lipinski definition) is 0. The van der Waals surface area contributed by atoms with Crippen molar-refractivity contribution in [1.29, 1.82) is 0 Å². The third-order valence-electron chi connectivity index (χ3n) is 4.15. The van der Waals surface area contributed by atoms with Crippen molar-refractivity contribution in [2.24, 2.45) is 10.4 Å². The van der Waals surface area contributed by atoms with Gasteiger partial charge in [0.25, 0.3) is 0 Å². The minimum atomic E-state index is 0.0566. The van der Waals surface area contributed by atoms with Gasteiger partial charge in [-0.25, -0.2) is 0 Å². The Balaban J connectivity index is 1.89. The minimum Gasteiger partial charge on any atom is -0.380 e. The van der Waals surface area contributed by atoms with E-state index in [0.29, 0.717) is 17.3 Å². The molecule has 102 valence electrons. The summed E-state index contributed by atoms with van der Waals surface area (Å²) in [6, 6.07) is 2.51. The summed E-state index contributed by atoms with van der Waals surface area (Å²) in [5.74, 6) is 0.672. The Morgan fingerprint density at radius 1 is 1.47 bits per heavy atom. The van der Waals surface area contributed by atoms with Gasteiger partial charge < -0.3 is 4.74 Å². The zero-order chi connectivity index (χ0) is 13.7. The molecule has 2 aliphatic rings. The van der Waals surface area contributed by atoms with Gasteiger partial charge in [0.2, 0.25) is 0 Å². The van der Waals surface area contributed by atoms with Gasteiger partial charge in [0.1, 0.15) is 0 Å². The fraction of sp³-hybridized carbons (Fsp3) is 0.714. The summed E-state index contributed by atoms with van der Waals surface area (Å²) < 4.78 is 7.48. The van der Waals surface area contributed by atoms with Crippen LogP contribution in [-0.2, 0) is 10.2 Å². The molecule has 0 aromatic carbocycles. The van der Waals surface area contributed by atoms with Crippen LogP contribution in [0.4, 0.5) is 5.82 Å². The third kappa shape index (κ3) is 2.16. The Hall–Kier alpha value is -1.03. The van der Waals surface area contributed by atoms with Crippen molar-refractivity contribution in [3.63, 3.8) is 0 Å². The second-order valence-corrected chi connectivity index (χ2v) is 7.02. The predicted octanol–water partition coefficient (Wildman–Crippen LogP) is 3.27. The van der Waals surface area contributed by atoms with Crippen LogP contribution in [0.1, 0.15) is 45.3 Å². The van der Waals surface area contributed by atoms with Crippen LogP contribution in [0, 0.1) is 5.41 Å². The molecule has 1 aromatic heterocycles. The first-order chi connectivity index (χ1) is 8.93. The monoisotopic (exact) mass is 277 g/mol. The average Bonchev–Trinajstić information content (AvgIpc) is 2.57. The van der Waals surface area contributed by atoms with Crippen molar-refractivity contribution >= 4 is 23.2 Å². The fourth-order valence-electron chi connectivity index (χ4n) is 3.06. The van der Waals surface area contributed by atoms with Crippen molar-refractivity contribution < 1.29 is 4.74 Å². The Bertz CT molecular complexity index is 540. The molecule has 1 aliphatic heterocycles. The van der Waals surface area contributed by atoms with Crippen LogP contribution in [0.2, 0.25) is 0 Å². The van der Waals surface area contributed by atoms with Crippen molar-refractivity contribution in [3.05, 3.63) is 11.8 Å². The van der Waals surface area contributed by atoms with E-state index in [-0.39, 0.29) is 5.41 Å². The van der Waals surface area contributed by atoms with Crippen molar-refractivity contribution in [3.8, 4) is 0 Å². The van der Waals surface area contributed by atoms with Crippen LogP contribution in [0.5, 0.6) is 0 Å². The molecular formula is C14H19N3OS. The molecule has 5 heteroatoms. The SMILES string of the molecule is CC(C)(C)c1cc(N=C=S)nn1C1CC2(COC2)C1. The lowest BCUT2D eigenvalue weighted by Crippen LogP contribution is -2.53. The smallest absolute Gasteiger partial charge is 0.184 e. The van der Waals surface area contributed by atoms with Crippen molar-refractivity contribution in [1.82, 2.24) is 9.78 Å². The van der Waals surface area contributed by atoms with E-state index >= 15 is 0 Å². The maximum atomic E-state index is 5.33. The predicted molar refractivity (Wildman–Crippen MR) is 77.1 cm³/mol. The van der Waals surface area contributed by atoms with Gasteiger partial charge in [-0.15, -0.1) is 0 Å². The quantitative estimate of drug-likeness (QED) is 0.615. The Labute approximate surface area is 118 Å². The summed E-state index contributed by atoms with van der Waals surface area (Å²) in [5, 5.41) is 6.99. The van der Waals surface area contributed by atoms with E-state index in [1.807, 2.05) is 6.07 Å². The van der Waals surface area contributed by atoms with E-state index < -0.39 is 0 Å². The van der Waals surface area contributed by atoms with E-state index in [4.69, 9.17) is 4.74 Å². The van der Waals surface area contributed by atoms with Gasteiger partial charge in [0.05, 0.1) is 24.4 Å². The highest BCUT2D eigenvalue weighted by Gasteiger charge is 2.51. The molecule has 0 amide bonds. The molecule has 2 heterocycles. The Morgan fingerprint density at radius 3 is 2.63 bits per heavy atom. The van der Waals surface area contributed by atoms with E-state index in [1.54, 1.807) is 0 Å². The Morgan fingerprint density at radius 2 is 2.16 bits per heavy atom. The standard InChI is InChI=1S/C14H19N3OS/c1-13(2,3)11-4-12(15-9-19)16-17(11)10-5-14(6-10)7-18-8-14/h4,10H,5-8H2,1-3H3.